The van der Waals surface area contributed by atoms with Gasteiger partial charge in [0.1, 0.15) is 11.4 Å². The summed E-state index contributed by atoms with van der Waals surface area (Å²) in [5.74, 6) is 0. The number of nitrogens with zero attached hydrogens (tertiary/aromatic N) is 6. The van der Waals surface area contributed by atoms with Crippen LogP contribution in [-0.2, 0) is 0 Å². The molecule has 1 aliphatic carbocycles. The van der Waals surface area contributed by atoms with Crippen molar-refractivity contribution in [1.29, 1.82) is 0 Å². The van der Waals surface area contributed by atoms with Crippen molar-refractivity contribution >= 4 is 22.7 Å². The summed E-state index contributed by atoms with van der Waals surface area (Å²) in [7, 11) is 0. The number of hydrogen-bond acceptors (Lipinski definition) is 6. The molecule has 0 spiro atoms. The van der Waals surface area contributed by atoms with Gasteiger partial charge in [-0.25, -0.2) is 14.6 Å². The van der Waals surface area contributed by atoms with Crippen molar-refractivity contribution in [1.82, 2.24) is 30.2 Å². The minimum absolute atomic E-state index is 0.413. The summed E-state index contributed by atoms with van der Waals surface area (Å²) >= 11 is 1.53. The monoisotopic (exact) mass is 326 g/mol. The lowest BCUT2D eigenvalue weighted by Gasteiger charge is -2.21. The standard InChI is InChI=1S/C16H18N6S/c1-11-7-8-14-13(9-11)15(18-10-17-14)23-16-19-20-21-22(16)12-5-3-2-4-6-12/h7-10,12H,2-6H2,1H3. The van der Waals surface area contributed by atoms with Gasteiger partial charge in [0.15, 0.2) is 0 Å². The maximum Gasteiger partial charge on any atom is 0.215 e. The largest absolute Gasteiger partial charge is 0.236 e. The predicted molar refractivity (Wildman–Crippen MR) is 88.3 cm³/mol. The molecule has 0 atom stereocenters. The summed E-state index contributed by atoms with van der Waals surface area (Å²) in [4.78, 5) is 8.79. The van der Waals surface area contributed by atoms with Crippen molar-refractivity contribution < 1.29 is 0 Å². The SMILES string of the molecule is Cc1ccc2ncnc(Sc3nnnn3C3CCCCC3)c2c1. The summed E-state index contributed by atoms with van der Waals surface area (Å²) in [6, 6.07) is 6.62. The molecule has 1 aliphatic rings. The van der Waals surface area contributed by atoms with Gasteiger partial charge in [0.25, 0.3) is 0 Å². The molecule has 7 heteroatoms. The smallest absolute Gasteiger partial charge is 0.215 e. The number of aryl methyl sites for hydroxylation is 1. The van der Waals surface area contributed by atoms with Gasteiger partial charge in [0.05, 0.1) is 11.6 Å². The van der Waals surface area contributed by atoms with E-state index in [0.29, 0.717) is 6.04 Å². The Kier molecular flexibility index (Phi) is 3.95. The van der Waals surface area contributed by atoms with Crippen molar-refractivity contribution in [2.75, 3.05) is 0 Å². The van der Waals surface area contributed by atoms with Gasteiger partial charge in [-0.05, 0) is 54.1 Å². The highest BCUT2D eigenvalue weighted by Crippen LogP contribution is 2.34. The zero-order valence-corrected chi connectivity index (χ0v) is 13.8. The Hall–Kier alpha value is -2.02. The summed E-state index contributed by atoms with van der Waals surface area (Å²) in [6.07, 6.45) is 7.74. The first-order chi connectivity index (χ1) is 11.3. The molecule has 0 saturated heterocycles. The van der Waals surface area contributed by atoms with Crippen LogP contribution in [-0.4, -0.2) is 30.2 Å². The highest BCUT2D eigenvalue weighted by Gasteiger charge is 2.21. The average molecular weight is 326 g/mol. The van der Waals surface area contributed by atoms with Crippen molar-refractivity contribution in [3.63, 3.8) is 0 Å². The van der Waals surface area contributed by atoms with Crippen molar-refractivity contribution in [2.24, 2.45) is 0 Å². The highest BCUT2D eigenvalue weighted by molar-refractivity contribution is 7.99. The zero-order valence-electron chi connectivity index (χ0n) is 13.0. The molecule has 2 aromatic heterocycles. The molecule has 0 aliphatic heterocycles. The molecule has 0 N–H and O–H groups in total. The number of tetrazole rings is 1. The number of rotatable bonds is 3. The molecule has 1 fully saturated rings. The third-order valence-corrected chi connectivity index (χ3v) is 5.30. The molecule has 4 rings (SSSR count). The van der Waals surface area contributed by atoms with Gasteiger partial charge in [-0.3, -0.25) is 0 Å². The Morgan fingerprint density at radius 2 is 2.00 bits per heavy atom. The summed E-state index contributed by atoms with van der Waals surface area (Å²) < 4.78 is 1.98. The van der Waals surface area contributed by atoms with Crippen molar-refractivity contribution in [2.45, 2.75) is 55.3 Å². The number of hydrogen-bond donors (Lipinski definition) is 0. The van der Waals surface area contributed by atoms with E-state index in [1.54, 1.807) is 6.33 Å². The van der Waals surface area contributed by atoms with Crippen molar-refractivity contribution in [3.8, 4) is 0 Å². The predicted octanol–water partition coefficient (Wildman–Crippen LogP) is 3.58. The van der Waals surface area contributed by atoms with Crippen LogP contribution < -0.4 is 0 Å². The number of benzene rings is 1. The van der Waals surface area contributed by atoms with E-state index in [2.05, 4.69) is 44.5 Å². The van der Waals surface area contributed by atoms with Gasteiger partial charge in [0.2, 0.25) is 5.16 Å². The quantitative estimate of drug-likeness (QED) is 0.685. The number of aromatic nitrogens is 6. The van der Waals surface area contributed by atoms with Crippen LogP contribution in [0.1, 0.15) is 43.7 Å². The summed E-state index contributed by atoms with van der Waals surface area (Å²) in [5, 5.41) is 15.1. The Labute approximate surface area is 138 Å². The summed E-state index contributed by atoms with van der Waals surface area (Å²) in [5.41, 5.74) is 2.14. The van der Waals surface area contributed by atoms with E-state index in [1.165, 1.54) is 36.6 Å². The Morgan fingerprint density at radius 3 is 2.87 bits per heavy atom. The lowest BCUT2D eigenvalue weighted by Crippen LogP contribution is -2.15. The second kappa shape index (κ2) is 6.23. The molecule has 23 heavy (non-hydrogen) atoms. The van der Waals surface area contributed by atoms with Crippen LogP contribution in [0.5, 0.6) is 0 Å². The molecule has 6 nitrogen and oxygen atoms in total. The minimum atomic E-state index is 0.413. The van der Waals surface area contributed by atoms with Crippen LogP contribution >= 0.6 is 11.8 Å². The molecule has 1 saturated carbocycles. The topological polar surface area (TPSA) is 69.4 Å². The molecule has 118 valence electrons. The number of fused-ring (bicyclic) bond motifs is 1. The average Bonchev–Trinajstić information content (AvgIpc) is 3.04. The van der Waals surface area contributed by atoms with Gasteiger partial charge in [-0.15, -0.1) is 5.10 Å². The summed E-state index contributed by atoms with van der Waals surface area (Å²) in [6.45, 7) is 2.08. The maximum absolute atomic E-state index is 4.45. The van der Waals surface area contributed by atoms with E-state index in [-0.39, 0.29) is 0 Å². The van der Waals surface area contributed by atoms with Crippen LogP contribution in [0.25, 0.3) is 10.9 Å². The molecule has 0 unspecified atom stereocenters. The molecule has 1 aromatic carbocycles. The highest BCUT2D eigenvalue weighted by atomic mass is 32.2. The van der Waals surface area contributed by atoms with Crippen LogP contribution in [0.2, 0.25) is 0 Å². The molecule has 3 aromatic rings. The minimum Gasteiger partial charge on any atom is -0.236 e. The van der Waals surface area contributed by atoms with Gasteiger partial charge in [0, 0.05) is 5.39 Å². The molecule has 0 bridgehead atoms. The zero-order chi connectivity index (χ0) is 15.6. The lowest BCUT2D eigenvalue weighted by molar-refractivity contribution is 0.307. The van der Waals surface area contributed by atoms with Gasteiger partial charge < -0.3 is 0 Å². The van der Waals surface area contributed by atoms with Gasteiger partial charge in [-0.2, -0.15) is 0 Å². The van der Waals surface area contributed by atoms with Crippen molar-refractivity contribution in [3.05, 3.63) is 30.1 Å². The molecular formula is C16H18N6S. The Balaban J connectivity index is 1.69. The molecule has 0 radical (unpaired) electrons. The van der Waals surface area contributed by atoms with E-state index in [0.717, 1.165) is 33.9 Å². The van der Waals surface area contributed by atoms with Crippen LogP contribution in [0.15, 0.2) is 34.7 Å². The first-order valence-electron chi connectivity index (χ1n) is 7.98. The fourth-order valence-electron chi connectivity index (χ4n) is 3.12. The van der Waals surface area contributed by atoms with E-state index >= 15 is 0 Å². The fraction of sp³-hybridized carbons (Fsp3) is 0.438. The van der Waals surface area contributed by atoms with Crippen LogP contribution in [0.4, 0.5) is 0 Å². The molecule has 0 amide bonds. The second-order valence-electron chi connectivity index (χ2n) is 6.00. The van der Waals surface area contributed by atoms with Gasteiger partial charge >= 0.3 is 0 Å². The first kappa shape index (κ1) is 14.6. The first-order valence-corrected chi connectivity index (χ1v) is 8.80. The van der Waals surface area contributed by atoms with E-state index < -0.39 is 0 Å². The lowest BCUT2D eigenvalue weighted by atomic mass is 9.96. The molecule has 2 heterocycles. The Morgan fingerprint density at radius 1 is 1.13 bits per heavy atom. The van der Waals surface area contributed by atoms with E-state index in [1.807, 2.05) is 10.7 Å². The fourth-order valence-corrected chi connectivity index (χ4v) is 4.02. The normalized spacial score (nSPS) is 16.0. The van der Waals surface area contributed by atoms with E-state index in [4.69, 9.17) is 0 Å². The second-order valence-corrected chi connectivity index (χ2v) is 6.96. The van der Waals surface area contributed by atoms with Crippen LogP contribution in [0.3, 0.4) is 0 Å². The maximum atomic E-state index is 4.45. The van der Waals surface area contributed by atoms with E-state index in [9.17, 15) is 0 Å². The van der Waals surface area contributed by atoms with Gasteiger partial charge in [-0.1, -0.05) is 30.9 Å². The molecular weight excluding hydrogens is 308 g/mol. The van der Waals surface area contributed by atoms with Crippen LogP contribution in [0, 0.1) is 6.92 Å². The Bertz CT molecular complexity index is 824. The third kappa shape index (κ3) is 2.93. The third-order valence-electron chi connectivity index (χ3n) is 4.33.